The standard InChI is InChI=1S/C10H12F/c1-7(2)9-4-8(3)5-10(11)6-9/h4-7H,3H2,1-2H3. The summed E-state index contributed by atoms with van der Waals surface area (Å²) in [5.74, 6) is 0.174. The second kappa shape index (κ2) is 3.04. The van der Waals surface area contributed by atoms with Crippen LogP contribution in [-0.4, -0.2) is 0 Å². The number of benzene rings is 1. The fraction of sp³-hybridized carbons (Fsp3) is 0.300. The SMILES string of the molecule is [CH2]c1cc(F)cc(C(C)C)c1. The highest BCUT2D eigenvalue weighted by molar-refractivity contribution is 5.28. The van der Waals surface area contributed by atoms with Crippen LogP contribution in [0.4, 0.5) is 4.39 Å². The lowest BCUT2D eigenvalue weighted by molar-refractivity contribution is 0.622. The van der Waals surface area contributed by atoms with Crippen LogP contribution in [0.15, 0.2) is 18.2 Å². The van der Waals surface area contributed by atoms with Crippen molar-refractivity contribution in [3.05, 3.63) is 42.1 Å². The van der Waals surface area contributed by atoms with Gasteiger partial charge in [0.2, 0.25) is 0 Å². The Morgan fingerprint density at radius 3 is 2.36 bits per heavy atom. The molecule has 59 valence electrons. The van der Waals surface area contributed by atoms with Crippen molar-refractivity contribution in [3.63, 3.8) is 0 Å². The van der Waals surface area contributed by atoms with E-state index in [9.17, 15) is 4.39 Å². The van der Waals surface area contributed by atoms with Gasteiger partial charge in [-0.1, -0.05) is 19.9 Å². The van der Waals surface area contributed by atoms with E-state index in [1.54, 1.807) is 6.07 Å². The Labute approximate surface area is 67.1 Å². The summed E-state index contributed by atoms with van der Waals surface area (Å²) in [6.07, 6.45) is 0. The quantitative estimate of drug-likeness (QED) is 0.578. The molecule has 1 aromatic carbocycles. The molecule has 0 saturated heterocycles. The summed E-state index contributed by atoms with van der Waals surface area (Å²) in [6, 6.07) is 4.90. The molecule has 0 aromatic heterocycles. The van der Waals surface area contributed by atoms with Gasteiger partial charge in [0.15, 0.2) is 0 Å². The molecule has 0 aliphatic rings. The minimum absolute atomic E-state index is 0.193. The van der Waals surface area contributed by atoms with Crippen LogP contribution in [-0.2, 0) is 0 Å². The van der Waals surface area contributed by atoms with E-state index in [0.29, 0.717) is 5.92 Å². The lowest BCUT2D eigenvalue weighted by Crippen LogP contribution is -1.89. The molecule has 0 atom stereocenters. The Morgan fingerprint density at radius 1 is 1.27 bits per heavy atom. The maximum Gasteiger partial charge on any atom is 0.123 e. The summed E-state index contributed by atoms with van der Waals surface area (Å²) in [5, 5.41) is 0. The minimum Gasteiger partial charge on any atom is -0.207 e. The molecule has 11 heavy (non-hydrogen) atoms. The zero-order chi connectivity index (χ0) is 8.43. The summed E-state index contributed by atoms with van der Waals surface area (Å²) in [4.78, 5) is 0. The summed E-state index contributed by atoms with van der Waals surface area (Å²) in [7, 11) is 0. The number of hydrogen-bond donors (Lipinski definition) is 0. The van der Waals surface area contributed by atoms with Gasteiger partial charge in [0.25, 0.3) is 0 Å². The first-order valence-electron chi connectivity index (χ1n) is 3.72. The third-order valence-electron chi connectivity index (χ3n) is 1.65. The van der Waals surface area contributed by atoms with E-state index in [4.69, 9.17) is 0 Å². The normalized spacial score (nSPS) is 10.6. The zero-order valence-electron chi connectivity index (χ0n) is 6.89. The fourth-order valence-corrected chi connectivity index (χ4v) is 1.01. The molecule has 0 unspecified atom stereocenters. The average Bonchev–Trinajstić information content (AvgIpc) is 1.85. The van der Waals surface area contributed by atoms with Crippen LogP contribution < -0.4 is 0 Å². The molecular weight excluding hydrogens is 139 g/mol. The van der Waals surface area contributed by atoms with Gasteiger partial charge < -0.3 is 0 Å². The van der Waals surface area contributed by atoms with Crippen LogP contribution in [0, 0.1) is 12.7 Å². The van der Waals surface area contributed by atoms with Crippen molar-refractivity contribution in [3.8, 4) is 0 Å². The van der Waals surface area contributed by atoms with Gasteiger partial charge in [-0.2, -0.15) is 0 Å². The molecule has 1 aromatic rings. The highest BCUT2D eigenvalue weighted by Crippen LogP contribution is 2.16. The van der Waals surface area contributed by atoms with Crippen molar-refractivity contribution >= 4 is 0 Å². The Bertz CT molecular complexity index is 231. The van der Waals surface area contributed by atoms with E-state index in [0.717, 1.165) is 11.1 Å². The first-order valence-corrected chi connectivity index (χ1v) is 3.72. The molecule has 0 heterocycles. The van der Waals surface area contributed by atoms with Crippen LogP contribution in [0.2, 0.25) is 0 Å². The highest BCUT2D eigenvalue weighted by atomic mass is 19.1. The van der Waals surface area contributed by atoms with Gasteiger partial charge in [0, 0.05) is 0 Å². The molecule has 0 saturated carbocycles. The van der Waals surface area contributed by atoms with Crippen molar-refractivity contribution in [2.75, 3.05) is 0 Å². The smallest absolute Gasteiger partial charge is 0.123 e. The second-order valence-electron chi connectivity index (χ2n) is 3.05. The Hall–Kier alpha value is -0.850. The van der Waals surface area contributed by atoms with Crippen LogP contribution in [0.3, 0.4) is 0 Å². The second-order valence-corrected chi connectivity index (χ2v) is 3.05. The first kappa shape index (κ1) is 8.25. The molecule has 1 rings (SSSR count). The van der Waals surface area contributed by atoms with E-state index in [1.807, 2.05) is 19.9 Å². The molecule has 0 spiro atoms. The fourth-order valence-electron chi connectivity index (χ4n) is 1.01. The summed E-state index contributed by atoms with van der Waals surface area (Å²) < 4.78 is 12.7. The van der Waals surface area contributed by atoms with Gasteiger partial charge in [0.1, 0.15) is 5.82 Å². The van der Waals surface area contributed by atoms with Gasteiger partial charge in [0.05, 0.1) is 0 Å². The van der Waals surface area contributed by atoms with E-state index >= 15 is 0 Å². The largest absolute Gasteiger partial charge is 0.207 e. The Kier molecular flexibility index (Phi) is 2.28. The van der Waals surface area contributed by atoms with E-state index in [-0.39, 0.29) is 5.82 Å². The predicted molar refractivity (Wildman–Crippen MR) is 44.9 cm³/mol. The molecule has 0 bridgehead atoms. The lowest BCUT2D eigenvalue weighted by Gasteiger charge is -2.05. The lowest BCUT2D eigenvalue weighted by atomic mass is 10.0. The Morgan fingerprint density at radius 2 is 1.91 bits per heavy atom. The maximum absolute atomic E-state index is 12.7. The third-order valence-corrected chi connectivity index (χ3v) is 1.65. The third kappa shape index (κ3) is 2.04. The van der Waals surface area contributed by atoms with Crippen molar-refractivity contribution < 1.29 is 4.39 Å². The van der Waals surface area contributed by atoms with Crippen LogP contribution >= 0.6 is 0 Å². The molecule has 0 amide bonds. The van der Waals surface area contributed by atoms with Crippen molar-refractivity contribution in [2.45, 2.75) is 19.8 Å². The van der Waals surface area contributed by atoms with Gasteiger partial charge in [-0.15, -0.1) is 0 Å². The number of halogens is 1. The van der Waals surface area contributed by atoms with Gasteiger partial charge >= 0.3 is 0 Å². The van der Waals surface area contributed by atoms with Crippen LogP contribution in [0.5, 0.6) is 0 Å². The van der Waals surface area contributed by atoms with E-state index in [2.05, 4.69) is 6.92 Å². The summed E-state index contributed by atoms with van der Waals surface area (Å²) >= 11 is 0. The minimum atomic E-state index is -0.193. The van der Waals surface area contributed by atoms with E-state index in [1.165, 1.54) is 6.07 Å². The molecule has 0 fully saturated rings. The molecule has 0 nitrogen and oxygen atoms in total. The number of rotatable bonds is 1. The first-order chi connectivity index (χ1) is 5.09. The molecule has 1 heteroatoms. The summed E-state index contributed by atoms with van der Waals surface area (Å²) in [6.45, 7) is 7.76. The monoisotopic (exact) mass is 151 g/mol. The van der Waals surface area contributed by atoms with Crippen LogP contribution in [0.25, 0.3) is 0 Å². The highest BCUT2D eigenvalue weighted by Gasteiger charge is 2.01. The van der Waals surface area contributed by atoms with Gasteiger partial charge in [-0.25, -0.2) is 4.39 Å². The van der Waals surface area contributed by atoms with Crippen LogP contribution in [0.1, 0.15) is 30.9 Å². The molecule has 0 aliphatic heterocycles. The molecule has 0 aliphatic carbocycles. The van der Waals surface area contributed by atoms with E-state index < -0.39 is 0 Å². The predicted octanol–water partition coefficient (Wildman–Crippen LogP) is 3.13. The summed E-state index contributed by atoms with van der Waals surface area (Å²) in [5.41, 5.74) is 1.75. The zero-order valence-corrected chi connectivity index (χ0v) is 6.89. The molecular formula is C10H12F. The molecule has 1 radical (unpaired) electrons. The van der Waals surface area contributed by atoms with Gasteiger partial charge in [-0.3, -0.25) is 0 Å². The van der Waals surface area contributed by atoms with Crippen molar-refractivity contribution in [1.29, 1.82) is 0 Å². The maximum atomic E-state index is 12.7. The van der Waals surface area contributed by atoms with Gasteiger partial charge in [-0.05, 0) is 36.1 Å². The van der Waals surface area contributed by atoms with Crippen molar-refractivity contribution in [1.82, 2.24) is 0 Å². The van der Waals surface area contributed by atoms with Crippen molar-refractivity contribution in [2.24, 2.45) is 0 Å². The molecule has 0 N–H and O–H groups in total. The topological polar surface area (TPSA) is 0 Å². The Balaban J connectivity index is 3.08. The average molecular weight is 151 g/mol. The number of hydrogen-bond acceptors (Lipinski definition) is 0.